The highest BCUT2D eigenvalue weighted by atomic mass is 35.5. The third-order valence-corrected chi connectivity index (χ3v) is 2.97. The van der Waals surface area contributed by atoms with Crippen molar-refractivity contribution in [3.05, 3.63) is 53.8 Å². The van der Waals surface area contributed by atoms with Crippen LogP contribution in [0.15, 0.2) is 43.2 Å². The van der Waals surface area contributed by atoms with E-state index in [1.165, 1.54) is 0 Å². The Kier molecular flexibility index (Phi) is 3.49. The van der Waals surface area contributed by atoms with Gasteiger partial charge in [0.1, 0.15) is 0 Å². The van der Waals surface area contributed by atoms with E-state index in [0.717, 1.165) is 22.2 Å². The van der Waals surface area contributed by atoms with Gasteiger partial charge in [0, 0.05) is 18.9 Å². The monoisotopic (exact) mass is 247 g/mol. The first-order chi connectivity index (χ1) is 8.24. The van der Waals surface area contributed by atoms with Crippen LogP contribution in [0.5, 0.6) is 0 Å². The van der Waals surface area contributed by atoms with Crippen molar-refractivity contribution in [2.75, 3.05) is 11.9 Å². The number of nitrogens with zero attached hydrogens (tertiary/aromatic N) is 2. The summed E-state index contributed by atoms with van der Waals surface area (Å²) < 4.78 is 1.93. The lowest BCUT2D eigenvalue weighted by molar-refractivity contribution is 1.04. The quantitative estimate of drug-likeness (QED) is 0.839. The Morgan fingerprint density at radius 3 is 3.12 bits per heavy atom. The summed E-state index contributed by atoms with van der Waals surface area (Å²) in [5.74, 6) is 0.761. The number of rotatable bonds is 4. The fourth-order valence-electron chi connectivity index (χ4n) is 1.61. The van der Waals surface area contributed by atoms with E-state index < -0.39 is 0 Å². The van der Waals surface area contributed by atoms with Crippen molar-refractivity contribution < 1.29 is 0 Å². The lowest BCUT2D eigenvalue weighted by Gasteiger charge is -2.11. The van der Waals surface area contributed by atoms with Gasteiger partial charge in [0.25, 0.3) is 0 Å². The second kappa shape index (κ2) is 5.06. The molecule has 0 amide bonds. The molecule has 2 aromatic rings. The maximum absolute atomic E-state index is 6.29. The number of aromatic nitrogens is 2. The number of aryl methyl sites for hydroxylation is 1. The second-order valence-corrected chi connectivity index (χ2v) is 4.08. The second-order valence-electron chi connectivity index (χ2n) is 3.70. The van der Waals surface area contributed by atoms with Crippen LogP contribution in [0.25, 0.3) is 5.69 Å². The van der Waals surface area contributed by atoms with Gasteiger partial charge >= 0.3 is 0 Å². The molecule has 0 bridgehead atoms. The topological polar surface area (TPSA) is 29.9 Å². The first kappa shape index (κ1) is 11.7. The number of anilines is 1. The standard InChI is InChI=1S/C13H14ClN3/c1-3-7-15-13-16-8-9-17(13)11-6-4-5-10(2)12(11)14/h3-6,8-9H,1,7H2,2H3,(H,15,16). The zero-order chi connectivity index (χ0) is 12.3. The Hall–Kier alpha value is -1.74. The van der Waals surface area contributed by atoms with Gasteiger partial charge < -0.3 is 5.32 Å². The fourth-order valence-corrected chi connectivity index (χ4v) is 1.83. The molecule has 2 rings (SSSR count). The third kappa shape index (κ3) is 2.34. The van der Waals surface area contributed by atoms with Gasteiger partial charge in [0.2, 0.25) is 5.95 Å². The molecular formula is C13H14ClN3. The van der Waals surface area contributed by atoms with Crippen LogP contribution in [-0.2, 0) is 0 Å². The van der Waals surface area contributed by atoms with Gasteiger partial charge in [-0.05, 0) is 18.6 Å². The molecule has 0 spiro atoms. The van der Waals surface area contributed by atoms with Crippen LogP contribution >= 0.6 is 11.6 Å². The Labute approximate surface area is 106 Å². The fraction of sp³-hybridized carbons (Fsp3) is 0.154. The van der Waals surface area contributed by atoms with Crippen LogP contribution in [0, 0.1) is 6.92 Å². The predicted octanol–water partition coefficient (Wildman–Crippen LogP) is 3.43. The molecule has 1 aromatic heterocycles. The number of benzene rings is 1. The van der Waals surface area contributed by atoms with Crippen LogP contribution < -0.4 is 5.32 Å². The number of nitrogens with one attached hydrogen (secondary N) is 1. The van der Waals surface area contributed by atoms with E-state index >= 15 is 0 Å². The highest BCUT2D eigenvalue weighted by Crippen LogP contribution is 2.26. The number of hydrogen-bond acceptors (Lipinski definition) is 2. The molecule has 0 atom stereocenters. The van der Waals surface area contributed by atoms with Gasteiger partial charge in [-0.15, -0.1) is 6.58 Å². The molecule has 0 fully saturated rings. The smallest absolute Gasteiger partial charge is 0.207 e. The minimum absolute atomic E-state index is 0.667. The van der Waals surface area contributed by atoms with Gasteiger partial charge in [0.05, 0.1) is 10.7 Å². The van der Waals surface area contributed by atoms with Crippen molar-refractivity contribution in [2.45, 2.75) is 6.92 Å². The SMILES string of the molecule is C=CCNc1nccn1-c1cccc(C)c1Cl. The maximum atomic E-state index is 6.29. The summed E-state index contributed by atoms with van der Waals surface area (Å²) >= 11 is 6.29. The van der Waals surface area contributed by atoms with Crippen LogP contribution in [0.1, 0.15) is 5.56 Å². The van der Waals surface area contributed by atoms with Crippen molar-refractivity contribution in [3.8, 4) is 5.69 Å². The number of hydrogen-bond donors (Lipinski definition) is 1. The summed E-state index contributed by atoms with van der Waals surface area (Å²) in [6.07, 6.45) is 5.41. The zero-order valence-electron chi connectivity index (χ0n) is 9.65. The molecular weight excluding hydrogens is 234 g/mol. The van der Waals surface area contributed by atoms with Crippen molar-refractivity contribution >= 4 is 17.5 Å². The molecule has 4 heteroatoms. The molecule has 0 aliphatic rings. The van der Waals surface area contributed by atoms with Gasteiger partial charge in [-0.3, -0.25) is 4.57 Å². The summed E-state index contributed by atoms with van der Waals surface area (Å²) in [7, 11) is 0. The highest BCUT2D eigenvalue weighted by molar-refractivity contribution is 6.33. The van der Waals surface area contributed by atoms with E-state index in [0.29, 0.717) is 6.54 Å². The van der Waals surface area contributed by atoms with Gasteiger partial charge in [-0.1, -0.05) is 29.8 Å². The Balaban J connectivity index is 2.42. The number of halogens is 1. The van der Waals surface area contributed by atoms with Crippen LogP contribution in [0.4, 0.5) is 5.95 Å². The zero-order valence-corrected chi connectivity index (χ0v) is 10.4. The van der Waals surface area contributed by atoms with Crippen LogP contribution in [-0.4, -0.2) is 16.1 Å². The highest BCUT2D eigenvalue weighted by Gasteiger charge is 2.08. The molecule has 17 heavy (non-hydrogen) atoms. The largest absolute Gasteiger partial charge is 0.352 e. The minimum Gasteiger partial charge on any atom is -0.352 e. The lowest BCUT2D eigenvalue weighted by Crippen LogP contribution is -2.06. The molecule has 3 nitrogen and oxygen atoms in total. The van der Waals surface area contributed by atoms with E-state index in [1.54, 1.807) is 12.3 Å². The first-order valence-electron chi connectivity index (χ1n) is 5.37. The molecule has 1 aromatic carbocycles. The van der Waals surface area contributed by atoms with Crippen LogP contribution in [0.2, 0.25) is 5.02 Å². The van der Waals surface area contributed by atoms with E-state index in [9.17, 15) is 0 Å². The van der Waals surface area contributed by atoms with E-state index in [-0.39, 0.29) is 0 Å². The van der Waals surface area contributed by atoms with Gasteiger partial charge in [0.15, 0.2) is 0 Å². The van der Waals surface area contributed by atoms with Crippen LogP contribution in [0.3, 0.4) is 0 Å². The Morgan fingerprint density at radius 1 is 1.53 bits per heavy atom. The summed E-state index contributed by atoms with van der Waals surface area (Å²) in [5, 5.41) is 3.91. The van der Waals surface area contributed by atoms with Crippen molar-refractivity contribution in [1.82, 2.24) is 9.55 Å². The normalized spacial score (nSPS) is 10.2. The molecule has 88 valence electrons. The average molecular weight is 248 g/mol. The molecule has 1 heterocycles. The summed E-state index contributed by atoms with van der Waals surface area (Å²) in [6.45, 7) is 6.32. The molecule has 0 saturated heterocycles. The molecule has 0 radical (unpaired) electrons. The van der Waals surface area contributed by atoms with Gasteiger partial charge in [-0.25, -0.2) is 4.98 Å². The molecule has 0 aliphatic heterocycles. The van der Waals surface area contributed by atoms with Crippen molar-refractivity contribution in [2.24, 2.45) is 0 Å². The summed E-state index contributed by atoms with van der Waals surface area (Å²) in [4.78, 5) is 4.25. The minimum atomic E-state index is 0.667. The predicted molar refractivity (Wildman–Crippen MR) is 72.0 cm³/mol. The number of imidazole rings is 1. The maximum Gasteiger partial charge on any atom is 0.207 e. The van der Waals surface area contributed by atoms with E-state index in [2.05, 4.69) is 16.9 Å². The van der Waals surface area contributed by atoms with Gasteiger partial charge in [-0.2, -0.15) is 0 Å². The molecule has 0 unspecified atom stereocenters. The third-order valence-electron chi connectivity index (χ3n) is 2.48. The summed E-state index contributed by atoms with van der Waals surface area (Å²) in [6, 6.07) is 5.93. The molecule has 0 saturated carbocycles. The van der Waals surface area contributed by atoms with Crippen molar-refractivity contribution in [1.29, 1.82) is 0 Å². The average Bonchev–Trinajstić information content (AvgIpc) is 2.78. The van der Waals surface area contributed by atoms with Crippen molar-refractivity contribution in [3.63, 3.8) is 0 Å². The molecule has 1 N–H and O–H groups in total. The lowest BCUT2D eigenvalue weighted by atomic mass is 10.2. The van der Waals surface area contributed by atoms with E-state index in [4.69, 9.17) is 11.6 Å². The summed E-state index contributed by atoms with van der Waals surface area (Å²) in [5.41, 5.74) is 1.98. The first-order valence-corrected chi connectivity index (χ1v) is 5.75. The Bertz CT molecular complexity index is 531. The van der Waals surface area contributed by atoms with E-state index in [1.807, 2.05) is 35.9 Å². The molecule has 0 aliphatic carbocycles. The Morgan fingerprint density at radius 2 is 2.35 bits per heavy atom.